The van der Waals surface area contributed by atoms with Gasteiger partial charge in [0.05, 0.1) is 18.3 Å². The minimum absolute atomic E-state index is 0.354. The molecule has 2 unspecified atom stereocenters. The largest absolute Gasteiger partial charge is 0.378 e. The molecule has 1 rings (SSSR count). The number of rotatable bonds is 7. The third-order valence-electron chi connectivity index (χ3n) is 2.93. The van der Waals surface area contributed by atoms with Gasteiger partial charge in [-0.15, -0.1) is 0 Å². The summed E-state index contributed by atoms with van der Waals surface area (Å²) in [4.78, 5) is 0. The van der Waals surface area contributed by atoms with Crippen LogP contribution in [0.15, 0.2) is 0 Å². The lowest BCUT2D eigenvalue weighted by atomic mass is 10.0. The molecule has 1 N–H and O–H groups in total. The van der Waals surface area contributed by atoms with Crippen molar-refractivity contribution in [3.05, 3.63) is 0 Å². The Morgan fingerprint density at radius 3 is 2.50 bits per heavy atom. The third kappa shape index (κ3) is 5.83. The van der Waals surface area contributed by atoms with Crippen LogP contribution in [-0.2, 0) is 9.47 Å². The van der Waals surface area contributed by atoms with E-state index in [2.05, 4.69) is 26.1 Å². The van der Waals surface area contributed by atoms with Crippen molar-refractivity contribution in [2.45, 2.75) is 64.8 Å². The normalized spacial score (nSPS) is 30.6. The van der Waals surface area contributed by atoms with Crippen LogP contribution < -0.4 is 5.32 Å². The summed E-state index contributed by atoms with van der Waals surface area (Å²) < 4.78 is 11.6. The topological polar surface area (TPSA) is 30.5 Å². The average Bonchev–Trinajstić information content (AvgIpc) is 2.22. The number of hydrogen-bond acceptors (Lipinski definition) is 3. The lowest BCUT2D eigenvalue weighted by Crippen LogP contribution is -2.34. The van der Waals surface area contributed by atoms with E-state index in [1.165, 1.54) is 6.42 Å². The van der Waals surface area contributed by atoms with E-state index in [0.29, 0.717) is 18.3 Å². The summed E-state index contributed by atoms with van der Waals surface area (Å²) >= 11 is 0. The predicted octanol–water partition coefficient (Wildman–Crippen LogP) is 2.35. The molecule has 0 aliphatic carbocycles. The fraction of sp³-hybridized carbons (Fsp3) is 1.00. The van der Waals surface area contributed by atoms with Crippen LogP contribution in [0, 0.1) is 0 Å². The molecule has 3 nitrogen and oxygen atoms in total. The molecule has 1 aliphatic rings. The van der Waals surface area contributed by atoms with E-state index in [9.17, 15) is 0 Å². The predicted molar refractivity (Wildman–Crippen MR) is 66.8 cm³/mol. The van der Waals surface area contributed by atoms with Crippen molar-refractivity contribution in [2.24, 2.45) is 0 Å². The van der Waals surface area contributed by atoms with Crippen LogP contribution in [0.1, 0.15) is 46.5 Å². The summed E-state index contributed by atoms with van der Waals surface area (Å²) in [5.41, 5.74) is 0. The molecule has 0 amide bonds. The van der Waals surface area contributed by atoms with Crippen molar-refractivity contribution in [1.29, 1.82) is 0 Å². The van der Waals surface area contributed by atoms with Gasteiger partial charge in [0.2, 0.25) is 0 Å². The van der Waals surface area contributed by atoms with Crippen LogP contribution in [0.5, 0.6) is 0 Å². The summed E-state index contributed by atoms with van der Waals surface area (Å²) in [6, 6.07) is 0. The summed E-state index contributed by atoms with van der Waals surface area (Å²) in [5, 5.41) is 3.39. The van der Waals surface area contributed by atoms with Gasteiger partial charge in [-0.05, 0) is 52.6 Å². The fourth-order valence-electron chi connectivity index (χ4n) is 2.23. The molecule has 0 aromatic carbocycles. The van der Waals surface area contributed by atoms with Crippen molar-refractivity contribution >= 4 is 0 Å². The summed E-state index contributed by atoms with van der Waals surface area (Å²) in [6.45, 7) is 9.52. The second kappa shape index (κ2) is 8.04. The molecule has 1 fully saturated rings. The SMILES string of the molecule is CCCNCCCOC1CC(C)OC(C)C1. The van der Waals surface area contributed by atoms with E-state index >= 15 is 0 Å². The van der Waals surface area contributed by atoms with Gasteiger partial charge in [0.15, 0.2) is 0 Å². The molecule has 0 bridgehead atoms. The maximum atomic E-state index is 5.88. The van der Waals surface area contributed by atoms with Crippen molar-refractivity contribution in [3.63, 3.8) is 0 Å². The standard InChI is InChI=1S/C13H27NO2/c1-4-6-14-7-5-8-15-13-9-11(2)16-12(3)10-13/h11-14H,4-10H2,1-3H3. The van der Waals surface area contributed by atoms with Gasteiger partial charge in [-0.2, -0.15) is 0 Å². The molecule has 1 saturated heterocycles. The Hall–Kier alpha value is -0.120. The maximum absolute atomic E-state index is 5.88. The van der Waals surface area contributed by atoms with Gasteiger partial charge in [-0.3, -0.25) is 0 Å². The van der Waals surface area contributed by atoms with Gasteiger partial charge in [0, 0.05) is 6.61 Å². The van der Waals surface area contributed by atoms with Crippen LogP contribution in [-0.4, -0.2) is 38.0 Å². The Balaban J connectivity index is 1.99. The molecule has 0 radical (unpaired) electrons. The first-order valence-electron chi connectivity index (χ1n) is 6.70. The van der Waals surface area contributed by atoms with E-state index < -0.39 is 0 Å². The lowest BCUT2D eigenvalue weighted by molar-refractivity contribution is -0.102. The highest BCUT2D eigenvalue weighted by atomic mass is 16.5. The zero-order chi connectivity index (χ0) is 11.8. The van der Waals surface area contributed by atoms with E-state index in [4.69, 9.17) is 9.47 Å². The zero-order valence-corrected chi connectivity index (χ0v) is 11.0. The number of ether oxygens (including phenoxy) is 2. The molecule has 2 atom stereocenters. The average molecular weight is 229 g/mol. The Kier molecular flexibility index (Phi) is 7.01. The quantitative estimate of drug-likeness (QED) is 0.680. The van der Waals surface area contributed by atoms with Gasteiger partial charge in [0.1, 0.15) is 0 Å². The first-order valence-corrected chi connectivity index (χ1v) is 6.70. The molecule has 0 aromatic heterocycles. The summed E-state index contributed by atoms with van der Waals surface area (Å²) in [6.07, 6.45) is 5.53. The molecule has 0 saturated carbocycles. The van der Waals surface area contributed by atoms with Gasteiger partial charge in [-0.1, -0.05) is 6.92 Å². The number of nitrogens with one attached hydrogen (secondary N) is 1. The highest BCUT2D eigenvalue weighted by molar-refractivity contribution is 4.73. The fourth-order valence-corrected chi connectivity index (χ4v) is 2.23. The van der Waals surface area contributed by atoms with Crippen LogP contribution in [0.2, 0.25) is 0 Å². The molecular weight excluding hydrogens is 202 g/mol. The van der Waals surface area contributed by atoms with Crippen molar-refractivity contribution < 1.29 is 9.47 Å². The second-order valence-electron chi connectivity index (χ2n) is 4.83. The highest BCUT2D eigenvalue weighted by Crippen LogP contribution is 2.21. The second-order valence-corrected chi connectivity index (χ2v) is 4.83. The van der Waals surface area contributed by atoms with Crippen LogP contribution in [0.25, 0.3) is 0 Å². The minimum atomic E-state index is 0.354. The van der Waals surface area contributed by atoms with Crippen LogP contribution in [0.4, 0.5) is 0 Å². The highest BCUT2D eigenvalue weighted by Gasteiger charge is 2.24. The maximum Gasteiger partial charge on any atom is 0.0624 e. The van der Waals surface area contributed by atoms with Crippen LogP contribution >= 0.6 is 0 Å². The summed E-state index contributed by atoms with van der Waals surface area (Å²) in [7, 11) is 0. The molecule has 96 valence electrons. The van der Waals surface area contributed by atoms with Gasteiger partial charge < -0.3 is 14.8 Å². The molecule has 3 heteroatoms. The van der Waals surface area contributed by atoms with Crippen LogP contribution in [0.3, 0.4) is 0 Å². The van der Waals surface area contributed by atoms with Crippen molar-refractivity contribution in [1.82, 2.24) is 5.32 Å². The Morgan fingerprint density at radius 1 is 1.19 bits per heavy atom. The van der Waals surface area contributed by atoms with E-state index in [0.717, 1.165) is 39.0 Å². The molecule has 0 aromatic rings. The van der Waals surface area contributed by atoms with Gasteiger partial charge >= 0.3 is 0 Å². The first-order chi connectivity index (χ1) is 7.72. The molecule has 1 heterocycles. The van der Waals surface area contributed by atoms with E-state index in [1.54, 1.807) is 0 Å². The Bertz CT molecular complexity index is 165. The minimum Gasteiger partial charge on any atom is -0.378 e. The van der Waals surface area contributed by atoms with Gasteiger partial charge in [-0.25, -0.2) is 0 Å². The number of hydrogen-bond donors (Lipinski definition) is 1. The lowest BCUT2D eigenvalue weighted by Gasteiger charge is -2.32. The molecule has 0 spiro atoms. The Labute approximate surface area is 99.9 Å². The first kappa shape index (κ1) is 13.9. The van der Waals surface area contributed by atoms with Gasteiger partial charge in [0.25, 0.3) is 0 Å². The van der Waals surface area contributed by atoms with E-state index in [1.807, 2.05) is 0 Å². The Morgan fingerprint density at radius 2 is 1.88 bits per heavy atom. The molecule has 16 heavy (non-hydrogen) atoms. The molecule has 1 aliphatic heterocycles. The smallest absolute Gasteiger partial charge is 0.0624 e. The van der Waals surface area contributed by atoms with Crippen molar-refractivity contribution in [3.8, 4) is 0 Å². The monoisotopic (exact) mass is 229 g/mol. The molecular formula is C13H27NO2. The summed E-state index contributed by atoms with van der Waals surface area (Å²) in [5.74, 6) is 0. The third-order valence-corrected chi connectivity index (χ3v) is 2.93. The van der Waals surface area contributed by atoms with E-state index in [-0.39, 0.29) is 0 Å². The zero-order valence-electron chi connectivity index (χ0n) is 11.0. The van der Waals surface area contributed by atoms with Crippen molar-refractivity contribution in [2.75, 3.05) is 19.7 Å².